The van der Waals surface area contributed by atoms with Gasteiger partial charge in [0, 0.05) is 32.7 Å². The predicted octanol–water partition coefficient (Wildman–Crippen LogP) is 5.15. The van der Waals surface area contributed by atoms with E-state index in [1.54, 1.807) is 29.2 Å². The second-order valence-corrected chi connectivity index (χ2v) is 15.8. The molecule has 0 bridgehead atoms. The molecule has 342 valence electrons. The van der Waals surface area contributed by atoms with Crippen molar-refractivity contribution in [3.05, 3.63) is 160 Å². The largest absolute Gasteiger partial charge is 0.494 e. The molecule has 6 aromatic carbocycles. The number of aromatic carboxylic acids is 1. The van der Waals surface area contributed by atoms with Gasteiger partial charge in [0.2, 0.25) is 5.91 Å². The van der Waals surface area contributed by atoms with Crippen molar-refractivity contribution in [1.82, 2.24) is 15.1 Å². The molecule has 6 aromatic rings. The number of fused-ring (bicyclic) bond motifs is 1. The Bertz CT molecular complexity index is 2870. The molecule has 17 heteroatoms. The smallest absolute Gasteiger partial charge is 0.339 e. The maximum absolute atomic E-state index is 13.5. The zero-order valence-electron chi connectivity index (χ0n) is 36.9. The highest BCUT2D eigenvalue weighted by Crippen LogP contribution is 2.36. The van der Waals surface area contributed by atoms with Crippen molar-refractivity contribution in [3.63, 3.8) is 0 Å². The zero-order chi connectivity index (χ0) is 47.1. The van der Waals surface area contributed by atoms with Crippen LogP contribution in [0.4, 0.5) is 34.1 Å². The van der Waals surface area contributed by atoms with E-state index in [1.807, 2.05) is 74.5 Å². The Morgan fingerprint density at radius 2 is 1.11 bits per heavy atom. The number of nitrogens with one attached hydrogen (secondary N) is 5. The van der Waals surface area contributed by atoms with E-state index >= 15 is 0 Å². The molecule has 6 N–H and O–H groups in total. The van der Waals surface area contributed by atoms with Gasteiger partial charge in [-0.2, -0.15) is 0 Å². The van der Waals surface area contributed by atoms with Gasteiger partial charge in [0.25, 0.3) is 27.6 Å². The van der Waals surface area contributed by atoms with Crippen molar-refractivity contribution < 1.29 is 29.0 Å². The van der Waals surface area contributed by atoms with E-state index in [1.165, 1.54) is 26.4 Å². The molecule has 0 spiro atoms. The molecule has 2 fully saturated rings. The summed E-state index contributed by atoms with van der Waals surface area (Å²) in [5, 5.41) is 24.4. The zero-order valence-corrected chi connectivity index (χ0v) is 36.9. The van der Waals surface area contributed by atoms with Gasteiger partial charge >= 0.3 is 5.97 Å². The molecule has 2 aliphatic heterocycles. The van der Waals surface area contributed by atoms with E-state index in [4.69, 9.17) is 9.47 Å². The molecule has 2 amide bonds. The van der Waals surface area contributed by atoms with Gasteiger partial charge in [-0.3, -0.25) is 33.7 Å². The summed E-state index contributed by atoms with van der Waals surface area (Å²) in [7, 11) is 2.80. The third kappa shape index (κ3) is 9.37. The lowest BCUT2D eigenvalue weighted by Gasteiger charge is -2.43. The van der Waals surface area contributed by atoms with Crippen LogP contribution in [0.25, 0.3) is 0 Å². The third-order valence-corrected chi connectivity index (χ3v) is 11.9. The summed E-state index contributed by atoms with van der Waals surface area (Å²) in [4.78, 5) is 90.3. The van der Waals surface area contributed by atoms with Gasteiger partial charge in [0.15, 0.2) is 11.5 Å². The summed E-state index contributed by atoms with van der Waals surface area (Å²) in [6, 6.07) is 28.2. The van der Waals surface area contributed by atoms with Gasteiger partial charge in [-0.25, -0.2) is 4.79 Å². The predicted molar refractivity (Wildman–Crippen MR) is 253 cm³/mol. The quantitative estimate of drug-likeness (QED) is 0.0692. The minimum Gasteiger partial charge on any atom is -0.494 e. The molecule has 0 aromatic heterocycles. The highest BCUT2D eigenvalue weighted by Gasteiger charge is 2.37. The Morgan fingerprint density at radius 3 is 1.58 bits per heavy atom. The van der Waals surface area contributed by atoms with Gasteiger partial charge < -0.3 is 46.1 Å². The number of para-hydroxylation sites is 2. The molecule has 0 radical (unpaired) electrons. The Morgan fingerprint density at radius 1 is 0.636 bits per heavy atom. The lowest BCUT2D eigenvalue weighted by atomic mass is 10.0. The minimum atomic E-state index is -1.15. The molecule has 17 nitrogen and oxygen atoms in total. The minimum absolute atomic E-state index is 0.0450. The first-order chi connectivity index (χ1) is 31.9. The second kappa shape index (κ2) is 20.4. The third-order valence-electron chi connectivity index (χ3n) is 11.9. The van der Waals surface area contributed by atoms with Gasteiger partial charge in [-0.1, -0.05) is 86.6 Å². The summed E-state index contributed by atoms with van der Waals surface area (Å²) in [5.41, 5.74) is 1.11. The molecule has 2 saturated heterocycles. The number of methoxy groups -OCH3 is 2. The first-order valence-electron chi connectivity index (χ1n) is 21.6. The normalized spacial score (nSPS) is 15.6. The van der Waals surface area contributed by atoms with Crippen LogP contribution in [-0.2, 0) is 4.79 Å². The first kappa shape index (κ1) is 46.2. The standard InChI is InChI=1S/C28H31N5O5.C21H20N2O5/c1-3-19(17-8-5-4-6-9-17)30-22-23(25(35)24(22)34)31-20-11-7-10-18(26(20)38-2)28(37)33-15-14-32-13-12-29-27(36)21(32)16-33;1-3-14(12-8-5-4-6-9-12)22-16-17(19(25)18(16)24)23-15-11-7-10-13(21(26)27)20(15)28-2/h4-11,19,21,30-31H,3,12-16H2,1-2H3,(H,29,36);4-11,14,22-23H,3H2,1-2H3,(H,26,27)/t19-,21?;14-/m11/s1. The highest BCUT2D eigenvalue weighted by molar-refractivity contribution is 6.00. The van der Waals surface area contributed by atoms with Crippen molar-refractivity contribution in [2.24, 2.45) is 0 Å². The fraction of sp³-hybridized carbons (Fsp3) is 0.286. The van der Waals surface area contributed by atoms with E-state index in [0.29, 0.717) is 49.4 Å². The van der Waals surface area contributed by atoms with Gasteiger partial charge in [-0.05, 0) is 48.2 Å². The van der Waals surface area contributed by atoms with Gasteiger partial charge in [0.1, 0.15) is 34.4 Å². The van der Waals surface area contributed by atoms with E-state index in [-0.39, 0.29) is 76.3 Å². The number of ether oxygens (including phenoxy) is 2. The van der Waals surface area contributed by atoms with E-state index in [9.17, 15) is 38.7 Å². The number of piperazine rings is 2. The van der Waals surface area contributed by atoms with Crippen LogP contribution >= 0.6 is 0 Å². The number of carboxylic acid groups (broad SMARTS) is 1. The summed E-state index contributed by atoms with van der Waals surface area (Å²) in [6.07, 6.45) is 1.42. The molecule has 66 heavy (non-hydrogen) atoms. The molecule has 1 unspecified atom stereocenters. The summed E-state index contributed by atoms with van der Waals surface area (Å²) in [6.45, 7) is 6.75. The van der Waals surface area contributed by atoms with Crippen LogP contribution in [-0.4, -0.2) is 85.7 Å². The van der Waals surface area contributed by atoms with Crippen LogP contribution in [0.15, 0.2) is 116 Å². The van der Waals surface area contributed by atoms with Gasteiger partial charge in [-0.15, -0.1) is 0 Å². The number of hydrogen-bond acceptors (Lipinski definition) is 14. The molecule has 0 saturated carbocycles. The topological polar surface area (TPSA) is 225 Å². The number of carboxylic acids is 1. The maximum atomic E-state index is 13.5. The number of benzene rings is 4. The van der Waals surface area contributed by atoms with Crippen LogP contribution < -0.4 is 57.8 Å². The van der Waals surface area contributed by atoms with Crippen molar-refractivity contribution >= 4 is 51.9 Å². The Balaban J connectivity index is 0.000000206. The number of anilines is 6. The molecular formula is C49H51N7O10. The molecule has 8 rings (SSSR count). The number of amides is 2. The van der Waals surface area contributed by atoms with Crippen molar-refractivity contribution in [2.45, 2.75) is 44.8 Å². The monoisotopic (exact) mass is 897 g/mol. The lowest BCUT2D eigenvalue weighted by Crippen LogP contribution is -2.64. The van der Waals surface area contributed by atoms with Crippen molar-refractivity contribution in [3.8, 4) is 11.5 Å². The molecule has 2 heterocycles. The maximum Gasteiger partial charge on any atom is 0.339 e. The average molecular weight is 898 g/mol. The van der Waals surface area contributed by atoms with Gasteiger partial charge in [0.05, 0.1) is 43.2 Å². The summed E-state index contributed by atoms with van der Waals surface area (Å²) in [5.74, 6) is -1.13. The Hall–Kier alpha value is -7.79. The number of carbonyl (C=O) groups excluding carboxylic acids is 2. The average Bonchev–Trinajstić information content (AvgIpc) is 3.35. The summed E-state index contributed by atoms with van der Waals surface area (Å²) >= 11 is 0. The Labute approximate surface area is 379 Å². The lowest BCUT2D eigenvalue weighted by molar-refractivity contribution is -0.131. The molecular weight excluding hydrogens is 847 g/mol. The Kier molecular flexibility index (Phi) is 14.3. The highest BCUT2D eigenvalue weighted by atomic mass is 16.5. The van der Waals surface area contributed by atoms with Crippen molar-refractivity contribution in [2.75, 3.05) is 68.2 Å². The molecule has 2 aliphatic rings. The van der Waals surface area contributed by atoms with E-state index in [0.717, 1.165) is 17.7 Å². The molecule has 0 aliphatic carbocycles. The van der Waals surface area contributed by atoms with Crippen LogP contribution in [0.5, 0.6) is 11.5 Å². The van der Waals surface area contributed by atoms with Crippen LogP contribution in [0.1, 0.15) is 70.6 Å². The fourth-order valence-corrected chi connectivity index (χ4v) is 8.31. The number of rotatable bonds is 16. The second-order valence-electron chi connectivity index (χ2n) is 15.8. The first-order valence-corrected chi connectivity index (χ1v) is 21.6. The van der Waals surface area contributed by atoms with Crippen LogP contribution in [0.2, 0.25) is 0 Å². The van der Waals surface area contributed by atoms with Crippen LogP contribution in [0, 0.1) is 0 Å². The summed E-state index contributed by atoms with van der Waals surface area (Å²) < 4.78 is 10.8. The number of hydrogen-bond donors (Lipinski definition) is 6. The van der Waals surface area contributed by atoms with Crippen LogP contribution in [0.3, 0.4) is 0 Å². The SMILES string of the molecule is CC[C@@H](Nc1c(Nc2cccc(C(=O)N3CCN4CCNC(=O)C4C3)c2OC)c(=O)c1=O)c1ccccc1.CC[C@@H](Nc1c(Nc2cccc(C(=O)O)c2OC)c(=O)c1=O)c1ccccc1. The fourth-order valence-electron chi connectivity index (χ4n) is 8.31. The van der Waals surface area contributed by atoms with E-state index < -0.39 is 27.7 Å². The molecule has 3 atom stereocenters. The number of nitrogens with zero attached hydrogens (tertiary/aromatic N) is 2. The van der Waals surface area contributed by atoms with Crippen molar-refractivity contribution in [1.29, 1.82) is 0 Å². The van der Waals surface area contributed by atoms with E-state index in [2.05, 4.69) is 31.5 Å². The number of carbonyl (C=O) groups is 3.